The third kappa shape index (κ3) is 4.72. The fourth-order valence-corrected chi connectivity index (χ4v) is 4.39. The van der Waals surface area contributed by atoms with Crippen LogP contribution in [0.4, 0.5) is 0 Å². The lowest BCUT2D eigenvalue weighted by molar-refractivity contribution is 0.0608. The maximum Gasteiger partial charge on any atom is 0.274 e. The van der Waals surface area contributed by atoms with Crippen LogP contribution in [0, 0.1) is 0 Å². The van der Waals surface area contributed by atoms with Crippen LogP contribution in [0.5, 0.6) is 0 Å². The zero-order valence-corrected chi connectivity index (χ0v) is 19.6. The van der Waals surface area contributed by atoms with Gasteiger partial charge in [-0.2, -0.15) is 10.1 Å². The van der Waals surface area contributed by atoms with Gasteiger partial charge in [0.2, 0.25) is 11.7 Å². The van der Waals surface area contributed by atoms with E-state index in [1.165, 1.54) is 0 Å². The number of carbonyl (C=O) groups is 1. The first-order chi connectivity index (χ1) is 14.7. The third-order valence-corrected chi connectivity index (χ3v) is 6.28. The molecule has 1 fully saturated rings. The standard InChI is InChI=1S/C22H30N6O2S/c1-15(2)17-13-16(24-28(17)22(3,4)5)21(29)27-10-8-26(9-11-27)14-19-23-20(25-30-19)18-7-6-12-31-18/h6-7,12-13,15H,8-11,14H2,1-5H3. The summed E-state index contributed by atoms with van der Waals surface area (Å²) in [7, 11) is 0. The van der Waals surface area contributed by atoms with E-state index in [-0.39, 0.29) is 11.4 Å². The van der Waals surface area contributed by atoms with Crippen molar-refractivity contribution in [2.45, 2.75) is 52.6 Å². The Morgan fingerprint density at radius 3 is 2.55 bits per heavy atom. The molecule has 0 spiro atoms. The number of nitrogens with zero attached hydrogens (tertiary/aromatic N) is 6. The molecule has 9 heteroatoms. The summed E-state index contributed by atoms with van der Waals surface area (Å²) in [5.74, 6) is 1.55. The summed E-state index contributed by atoms with van der Waals surface area (Å²) in [4.78, 5) is 22.7. The molecule has 8 nitrogen and oxygen atoms in total. The van der Waals surface area contributed by atoms with Crippen molar-refractivity contribution in [3.05, 3.63) is 40.9 Å². The summed E-state index contributed by atoms with van der Waals surface area (Å²) < 4.78 is 7.40. The van der Waals surface area contributed by atoms with E-state index in [1.807, 2.05) is 33.2 Å². The Hall–Kier alpha value is -2.52. The summed E-state index contributed by atoms with van der Waals surface area (Å²) >= 11 is 1.59. The Morgan fingerprint density at radius 2 is 1.97 bits per heavy atom. The van der Waals surface area contributed by atoms with Gasteiger partial charge in [-0.25, -0.2) is 0 Å². The van der Waals surface area contributed by atoms with Gasteiger partial charge in [-0.1, -0.05) is 25.1 Å². The normalized spacial score (nSPS) is 15.7. The highest BCUT2D eigenvalue weighted by atomic mass is 32.1. The van der Waals surface area contributed by atoms with E-state index in [0.29, 0.717) is 43.0 Å². The number of aromatic nitrogens is 4. The number of rotatable bonds is 5. The molecule has 3 aromatic heterocycles. The van der Waals surface area contributed by atoms with Crippen molar-refractivity contribution in [2.24, 2.45) is 0 Å². The molecule has 0 saturated carbocycles. The van der Waals surface area contributed by atoms with E-state index in [9.17, 15) is 4.79 Å². The Bertz CT molecular complexity index is 1020. The first kappa shape index (κ1) is 21.7. The van der Waals surface area contributed by atoms with Crippen LogP contribution in [0.2, 0.25) is 0 Å². The summed E-state index contributed by atoms with van der Waals surface area (Å²) in [6, 6.07) is 5.91. The molecule has 1 aliphatic rings. The quantitative estimate of drug-likeness (QED) is 0.597. The minimum Gasteiger partial charge on any atom is -0.338 e. The molecule has 0 aromatic carbocycles. The van der Waals surface area contributed by atoms with Crippen molar-refractivity contribution in [3.8, 4) is 10.7 Å². The number of thiophene rings is 1. The van der Waals surface area contributed by atoms with E-state index < -0.39 is 0 Å². The summed E-state index contributed by atoms with van der Waals surface area (Å²) in [6.45, 7) is 14.0. The Kier molecular flexibility index (Phi) is 5.98. The lowest BCUT2D eigenvalue weighted by atomic mass is 10.1. The van der Waals surface area contributed by atoms with Crippen molar-refractivity contribution in [3.63, 3.8) is 0 Å². The van der Waals surface area contributed by atoms with Crippen molar-refractivity contribution < 1.29 is 9.32 Å². The van der Waals surface area contributed by atoms with Crippen LogP contribution in [-0.4, -0.2) is 61.8 Å². The predicted octanol–water partition coefficient (Wildman–Crippen LogP) is 3.83. The number of amides is 1. The largest absolute Gasteiger partial charge is 0.338 e. The summed E-state index contributed by atoms with van der Waals surface area (Å²) in [6.07, 6.45) is 0. The van der Waals surface area contributed by atoms with Crippen molar-refractivity contribution >= 4 is 17.2 Å². The Labute approximate surface area is 186 Å². The summed E-state index contributed by atoms with van der Waals surface area (Å²) in [5.41, 5.74) is 1.46. The van der Waals surface area contributed by atoms with Crippen molar-refractivity contribution in [1.82, 2.24) is 29.7 Å². The van der Waals surface area contributed by atoms with Crippen molar-refractivity contribution in [1.29, 1.82) is 0 Å². The molecular formula is C22H30N6O2S. The van der Waals surface area contributed by atoms with E-state index in [0.717, 1.165) is 23.7 Å². The smallest absolute Gasteiger partial charge is 0.274 e. The van der Waals surface area contributed by atoms with E-state index in [4.69, 9.17) is 4.52 Å². The van der Waals surface area contributed by atoms with Crippen LogP contribution < -0.4 is 0 Å². The number of carbonyl (C=O) groups excluding carboxylic acids is 1. The molecule has 0 aliphatic carbocycles. The monoisotopic (exact) mass is 442 g/mol. The fourth-order valence-electron chi connectivity index (χ4n) is 3.74. The van der Waals surface area contributed by atoms with Crippen molar-refractivity contribution in [2.75, 3.05) is 26.2 Å². The SMILES string of the molecule is CC(C)c1cc(C(=O)N2CCN(Cc3nc(-c4cccs4)no3)CC2)nn1C(C)(C)C. The van der Waals surface area contributed by atoms with Gasteiger partial charge in [0.05, 0.1) is 17.0 Å². The van der Waals surface area contributed by atoms with Crippen LogP contribution in [-0.2, 0) is 12.1 Å². The average molecular weight is 443 g/mol. The topological polar surface area (TPSA) is 80.3 Å². The van der Waals surface area contributed by atoms with Gasteiger partial charge >= 0.3 is 0 Å². The summed E-state index contributed by atoms with van der Waals surface area (Å²) in [5, 5.41) is 10.7. The van der Waals surface area contributed by atoms with Gasteiger partial charge in [-0.05, 0) is 44.2 Å². The maximum atomic E-state index is 13.1. The number of hydrogen-bond acceptors (Lipinski definition) is 7. The van der Waals surface area contributed by atoms with Crippen LogP contribution in [0.15, 0.2) is 28.1 Å². The highest BCUT2D eigenvalue weighted by Gasteiger charge is 2.28. The molecule has 166 valence electrons. The van der Waals surface area contributed by atoms with Gasteiger partial charge in [0.15, 0.2) is 5.69 Å². The minimum atomic E-state index is -0.164. The maximum absolute atomic E-state index is 13.1. The second-order valence-corrected chi connectivity index (χ2v) is 10.2. The molecule has 0 unspecified atom stereocenters. The molecule has 0 N–H and O–H groups in total. The first-order valence-electron chi connectivity index (χ1n) is 10.7. The Morgan fingerprint density at radius 1 is 1.23 bits per heavy atom. The third-order valence-electron chi connectivity index (χ3n) is 5.41. The zero-order valence-electron chi connectivity index (χ0n) is 18.8. The average Bonchev–Trinajstić information content (AvgIpc) is 3.47. The Balaban J connectivity index is 1.37. The molecule has 4 heterocycles. The highest BCUT2D eigenvalue weighted by Crippen LogP contribution is 2.25. The van der Waals surface area contributed by atoms with Crippen LogP contribution in [0.3, 0.4) is 0 Å². The van der Waals surface area contributed by atoms with Gasteiger partial charge in [0, 0.05) is 31.9 Å². The van der Waals surface area contributed by atoms with E-state index >= 15 is 0 Å². The number of piperazine rings is 1. The fraction of sp³-hybridized carbons (Fsp3) is 0.545. The van der Waals surface area contributed by atoms with E-state index in [1.54, 1.807) is 11.3 Å². The second kappa shape index (κ2) is 8.55. The molecule has 1 amide bonds. The van der Waals surface area contributed by atoms with Gasteiger partial charge < -0.3 is 9.42 Å². The van der Waals surface area contributed by atoms with Gasteiger partial charge in [-0.15, -0.1) is 11.3 Å². The van der Waals surface area contributed by atoms with Crippen LogP contribution >= 0.6 is 11.3 Å². The highest BCUT2D eigenvalue weighted by molar-refractivity contribution is 7.13. The zero-order chi connectivity index (χ0) is 22.2. The van der Waals surface area contributed by atoms with Gasteiger partial charge in [0.1, 0.15) is 0 Å². The first-order valence-corrected chi connectivity index (χ1v) is 11.6. The molecule has 0 bridgehead atoms. The minimum absolute atomic E-state index is 0.00215. The van der Waals surface area contributed by atoms with Gasteiger partial charge in [0.25, 0.3) is 5.91 Å². The lowest BCUT2D eigenvalue weighted by Crippen LogP contribution is -2.48. The molecule has 0 atom stereocenters. The lowest BCUT2D eigenvalue weighted by Gasteiger charge is -2.33. The second-order valence-electron chi connectivity index (χ2n) is 9.25. The molecule has 31 heavy (non-hydrogen) atoms. The van der Waals surface area contributed by atoms with E-state index in [2.05, 4.69) is 54.8 Å². The van der Waals surface area contributed by atoms with Gasteiger partial charge in [-0.3, -0.25) is 14.4 Å². The molecule has 0 radical (unpaired) electrons. The number of hydrogen-bond donors (Lipinski definition) is 0. The molecular weight excluding hydrogens is 412 g/mol. The van der Waals surface area contributed by atoms with Crippen LogP contribution in [0.1, 0.15) is 62.6 Å². The molecule has 1 aliphatic heterocycles. The molecule has 1 saturated heterocycles. The van der Waals surface area contributed by atoms with Crippen LogP contribution in [0.25, 0.3) is 10.7 Å². The molecule has 3 aromatic rings. The predicted molar refractivity (Wildman–Crippen MR) is 120 cm³/mol. The molecule has 4 rings (SSSR count).